The highest BCUT2D eigenvalue weighted by Crippen LogP contribution is 2.28. The molecule has 0 unspecified atom stereocenters. The maximum absolute atomic E-state index is 5.99. The smallest absolute Gasteiger partial charge is 0.183 e. The van der Waals surface area contributed by atoms with E-state index in [1.165, 1.54) is 5.56 Å². The zero-order valence-corrected chi connectivity index (χ0v) is 13.2. The molecular formula is C16H15ClN2OS. The molecule has 1 aromatic heterocycles. The van der Waals surface area contributed by atoms with Crippen molar-refractivity contribution in [1.82, 2.24) is 4.98 Å². The highest BCUT2D eigenvalue weighted by molar-refractivity contribution is 7.22. The Morgan fingerprint density at radius 1 is 1.19 bits per heavy atom. The number of rotatable bonds is 5. The minimum atomic E-state index is 0.746. The normalized spacial score (nSPS) is 10.8. The molecule has 5 heteroatoms. The first kappa shape index (κ1) is 14.2. The van der Waals surface area contributed by atoms with Crippen LogP contribution in [0.15, 0.2) is 42.5 Å². The van der Waals surface area contributed by atoms with E-state index in [2.05, 4.69) is 22.4 Å². The molecule has 0 amide bonds. The highest BCUT2D eigenvalue weighted by atomic mass is 35.5. The van der Waals surface area contributed by atoms with Crippen LogP contribution in [0.1, 0.15) is 5.56 Å². The average Bonchev–Trinajstić information content (AvgIpc) is 2.89. The van der Waals surface area contributed by atoms with Gasteiger partial charge in [-0.2, -0.15) is 0 Å². The SMILES string of the molecule is COc1ccc(CCNc2nc3ccc(Cl)cc3s2)cc1. The van der Waals surface area contributed by atoms with Gasteiger partial charge in [0.15, 0.2) is 5.13 Å². The fraction of sp³-hybridized carbons (Fsp3) is 0.188. The van der Waals surface area contributed by atoms with E-state index in [4.69, 9.17) is 16.3 Å². The molecular weight excluding hydrogens is 304 g/mol. The molecule has 0 aliphatic rings. The molecule has 0 aliphatic heterocycles. The number of nitrogens with zero attached hydrogens (tertiary/aromatic N) is 1. The maximum Gasteiger partial charge on any atom is 0.183 e. The molecule has 1 heterocycles. The van der Waals surface area contributed by atoms with Gasteiger partial charge in [-0.3, -0.25) is 0 Å². The summed E-state index contributed by atoms with van der Waals surface area (Å²) in [7, 11) is 1.68. The molecule has 1 N–H and O–H groups in total. The molecule has 21 heavy (non-hydrogen) atoms. The number of benzene rings is 2. The summed E-state index contributed by atoms with van der Waals surface area (Å²) in [5, 5.41) is 5.04. The summed E-state index contributed by atoms with van der Waals surface area (Å²) in [6, 6.07) is 13.9. The van der Waals surface area contributed by atoms with Crippen molar-refractivity contribution < 1.29 is 4.74 Å². The number of hydrogen-bond acceptors (Lipinski definition) is 4. The van der Waals surface area contributed by atoms with Crippen molar-refractivity contribution >= 4 is 38.3 Å². The van der Waals surface area contributed by atoms with Crippen LogP contribution in [0.25, 0.3) is 10.2 Å². The molecule has 0 fully saturated rings. The summed E-state index contributed by atoms with van der Waals surface area (Å²) >= 11 is 7.61. The van der Waals surface area contributed by atoms with E-state index >= 15 is 0 Å². The van der Waals surface area contributed by atoms with Crippen LogP contribution >= 0.6 is 22.9 Å². The molecule has 0 aliphatic carbocycles. The number of hydrogen-bond donors (Lipinski definition) is 1. The quantitative estimate of drug-likeness (QED) is 0.745. The van der Waals surface area contributed by atoms with Crippen molar-refractivity contribution in [3.63, 3.8) is 0 Å². The van der Waals surface area contributed by atoms with Crippen molar-refractivity contribution in [3.05, 3.63) is 53.1 Å². The summed E-state index contributed by atoms with van der Waals surface area (Å²) < 4.78 is 6.26. The van der Waals surface area contributed by atoms with Crippen LogP contribution in [0.3, 0.4) is 0 Å². The number of aromatic nitrogens is 1. The van der Waals surface area contributed by atoms with Crippen LogP contribution in [0.5, 0.6) is 5.75 Å². The van der Waals surface area contributed by atoms with Crippen LogP contribution in [-0.2, 0) is 6.42 Å². The lowest BCUT2D eigenvalue weighted by Gasteiger charge is -2.04. The molecule has 0 saturated carbocycles. The number of halogens is 1. The van der Waals surface area contributed by atoms with Crippen LogP contribution in [0.4, 0.5) is 5.13 Å². The third kappa shape index (κ3) is 3.46. The third-order valence-corrected chi connectivity index (χ3v) is 4.41. The van der Waals surface area contributed by atoms with Gasteiger partial charge in [0, 0.05) is 11.6 Å². The molecule has 2 aromatic carbocycles. The van der Waals surface area contributed by atoms with Gasteiger partial charge in [-0.15, -0.1) is 0 Å². The molecule has 0 spiro atoms. The highest BCUT2D eigenvalue weighted by Gasteiger charge is 2.04. The third-order valence-electron chi connectivity index (χ3n) is 3.20. The molecule has 3 rings (SSSR count). The lowest BCUT2D eigenvalue weighted by Crippen LogP contribution is -2.04. The minimum Gasteiger partial charge on any atom is -0.497 e. The second-order valence-corrected chi connectivity index (χ2v) is 6.12. The van der Waals surface area contributed by atoms with Crippen LogP contribution < -0.4 is 10.1 Å². The summed E-state index contributed by atoms with van der Waals surface area (Å²) in [4.78, 5) is 4.54. The molecule has 0 radical (unpaired) electrons. The van der Waals surface area contributed by atoms with Crippen molar-refractivity contribution in [2.75, 3.05) is 19.0 Å². The van der Waals surface area contributed by atoms with E-state index in [9.17, 15) is 0 Å². The lowest BCUT2D eigenvalue weighted by atomic mass is 10.1. The second kappa shape index (κ2) is 6.33. The van der Waals surface area contributed by atoms with E-state index in [0.717, 1.165) is 39.1 Å². The number of thiazole rings is 1. The van der Waals surface area contributed by atoms with Gasteiger partial charge >= 0.3 is 0 Å². The number of anilines is 1. The first-order valence-corrected chi connectivity index (χ1v) is 7.87. The monoisotopic (exact) mass is 318 g/mol. The van der Waals surface area contributed by atoms with Gasteiger partial charge < -0.3 is 10.1 Å². The number of nitrogens with one attached hydrogen (secondary N) is 1. The Bertz CT molecular complexity index is 740. The summed E-state index contributed by atoms with van der Waals surface area (Å²) in [5.74, 6) is 0.884. The van der Waals surface area contributed by atoms with Gasteiger partial charge in [-0.05, 0) is 42.3 Å². The van der Waals surface area contributed by atoms with Crippen molar-refractivity contribution in [2.45, 2.75) is 6.42 Å². The van der Waals surface area contributed by atoms with E-state index in [0.29, 0.717) is 0 Å². The predicted molar refractivity (Wildman–Crippen MR) is 89.8 cm³/mol. The standard InChI is InChI=1S/C16H15ClN2OS/c1-20-13-5-2-11(3-6-13)8-9-18-16-19-14-7-4-12(17)10-15(14)21-16/h2-7,10H,8-9H2,1H3,(H,18,19). The fourth-order valence-electron chi connectivity index (χ4n) is 2.08. The Kier molecular flexibility index (Phi) is 4.27. The molecule has 0 bridgehead atoms. The van der Waals surface area contributed by atoms with E-state index < -0.39 is 0 Å². The van der Waals surface area contributed by atoms with Crippen molar-refractivity contribution in [1.29, 1.82) is 0 Å². The summed E-state index contributed by atoms with van der Waals surface area (Å²) in [6.07, 6.45) is 0.945. The van der Waals surface area contributed by atoms with Crippen molar-refractivity contribution in [2.24, 2.45) is 0 Å². The average molecular weight is 319 g/mol. The Balaban J connectivity index is 1.60. The lowest BCUT2D eigenvalue weighted by molar-refractivity contribution is 0.414. The molecule has 108 valence electrons. The Morgan fingerprint density at radius 2 is 2.00 bits per heavy atom. The maximum atomic E-state index is 5.99. The Labute approximate surface area is 132 Å². The molecule has 0 saturated heterocycles. The van der Waals surface area contributed by atoms with Gasteiger partial charge in [0.25, 0.3) is 0 Å². The van der Waals surface area contributed by atoms with Gasteiger partial charge in [-0.1, -0.05) is 35.1 Å². The summed E-state index contributed by atoms with van der Waals surface area (Å²) in [6.45, 7) is 0.847. The molecule has 3 nitrogen and oxygen atoms in total. The number of ether oxygens (including phenoxy) is 1. The van der Waals surface area contributed by atoms with Crippen LogP contribution in [-0.4, -0.2) is 18.6 Å². The zero-order chi connectivity index (χ0) is 14.7. The minimum absolute atomic E-state index is 0.746. The second-order valence-electron chi connectivity index (χ2n) is 4.66. The van der Waals surface area contributed by atoms with Gasteiger partial charge in [0.05, 0.1) is 17.3 Å². The van der Waals surface area contributed by atoms with Gasteiger partial charge in [0.1, 0.15) is 5.75 Å². The largest absolute Gasteiger partial charge is 0.497 e. The number of fused-ring (bicyclic) bond motifs is 1. The molecule has 0 atom stereocenters. The first-order valence-electron chi connectivity index (χ1n) is 6.67. The molecule has 3 aromatic rings. The van der Waals surface area contributed by atoms with Gasteiger partial charge in [-0.25, -0.2) is 4.98 Å². The van der Waals surface area contributed by atoms with Crippen LogP contribution in [0.2, 0.25) is 5.02 Å². The Morgan fingerprint density at radius 3 is 2.76 bits per heavy atom. The topological polar surface area (TPSA) is 34.1 Å². The fourth-order valence-corrected chi connectivity index (χ4v) is 3.25. The van der Waals surface area contributed by atoms with E-state index in [-0.39, 0.29) is 0 Å². The summed E-state index contributed by atoms with van der Waals surface area (Å²) in [5.41, 5.74) is 2.25. The zero-order valence-electron chi connectivity index (χ0n) is 11.6. The van der Waals surface area contributed by atoms with Crippen molar-refractivity contribution in [3.8, 4) is 5.75 Å². The van der Waals surface area contributed by atoms with Crippen LogP contribution in [0, 0.1) is 0 Å². The number of methoxy groups -OCH3 is 1. The van der Waals surface area contributed by atoms with E-state index in [1.54, 1.807) is 18.4 Å². The van der Waals surface area contributed by atoms with E-state index in [1.807, 2.05) is 30.3 Å². The van der Waals surface area contributed by atoms with Gasteiger partial charge in [0.2, 0.25) is 0 Å². The first-order chi connectivity index (χ1) is 10.2. The predicted octanol–water partition coefficient (Wildman–Crippen LogP) is 4.61. The Hall–Kier alpha value is -1.78.